The molecule has 2 saturated heterocycles. The van der Waals surface area contributed by atoms with Gasteiger partial charge in [0.05, 0.1) is 5.69 Å². The Morgan fingerprint density at radius 1 is 1.36 bits per heavy atom. The molecule has 4 rings (SSSR count). The smallest absolute Gasteiger partial charge is 0.319 e. The first-order valence-corrected chi connectivity index (χ1v) is 11.2. The summed E-state index contributed by atoms with van der Waals surface area (Å²) >= 11 is 1.50. The summed E-state index contributed by atoms with van der Waals surface area (Å²) in [6.07, 6.45) is 8.78. The third kappa shape index (κ3) is 4.22. The van der Waals surface area contributed by atoms with E-state index in [-0.39, 0.29) is 12.1 Å². The summed E-state index contributed by atoms with van der Waals surface area (Å²) in [7, 11) is 2.22. The van der Waals surface area contributed by atoms with E-state index in [1.807, 2.05) is 11.4 Å². The van der Waals surface area contributed by atoms with E-state index in [9.17, 15) is 4.79 Å². The van der Waals surface area contributed by atoms with Crippen LogP contribution in [0.1, 0.15) is 57.7 Å². The highest BCUT2D eigenvalue weighted by molar-refractivity contribution is 7.14. The highest BCUT2D eigenvalue weighted by atomic mass is 32.1. The van der Waals surface area contributed by atoms with Gasteiger partial charge in [-0.25, -0.2) is 4.79 Å². The summed E-state index contributed by atoms with van der Waals surface area (Å²) in [5.74, 6) is 1.20. The first-order chi connectivity index (χ1) is 13.6. The highest BCUT2D eigenvalue weighted by Gasteiger charge is 2.36. The average molecular weight is 404 g/mol. The molecule has 4 heterocycles. The number of carbonyl (C=O) groups excluding carboxylic acids is 1. The third-order valence-electron chi connectivity index (χ3n) is 6.00. The summed E-state index contributed by atoms with van der Waals surface area (Å²) in [5.41, 5.74) is 0.723. The van der Waals surface area contributed by atoms with E-state index >= 15 is 0 Å². The number of piperidine rings is 2. The van der Waals surface area contributed by atoms with Crippen LogP contribution >= 0.6 is 11.3 Å². The Labute approximate surface area is 169 Å². The van der Waals surface area contributed by atoms with Crippen molar-refractivity contribution in [3.8, 4) is 10.8 Å². The number of hydrogen-bond donors (Lipinski definition) is 2. The zero-order valence-electron chi connectivity index (χ0n) is 16.6. The second-order valence-electron chi connectivity index (χ2n) is 7.95. The van der Waals surface area contributed by atoms with Crippen molar-refractivity contribution in [3.63, 3.8) is 0 Å². The highest BCUT2D eigenvalue weighted by Crippen LogP contribution is 2.34. The van der Waals surface area contributed by atoms with Gasteiger partial charge in [0.1, 0.15) is 4.88 Å². The molecule has 2 aromatic rings. The minimum Gasteiger partial charge on any atom is -0.335 e. The molecule has 2 aliphatic rings. The van der Waals surface area contributed by atoms with E-state index in [2.05, 4.69) is 39.6 Å². The molecule has 0 aromatic carbocycles. The van der Waals surface area contributed by atoms with Crippen molar-refractivity contribution < 1.29 is 9.32 Å². The lowest BCUT2D eigenvalue weighted by Crippen LogP contribution is -2.55. The molecule has 0 saturated carbocycles. The van der Waals surface area contributed by atoms with Gasteiger partial charge in [0, 0.05) is 24.5 Å². The minimum absolute atomic E-state index is 0.155. The molecule has 8 heteroatoms. The van der Waals surface area contributed by atoms with Crippen LogP contribution in [0.2, 0.25) is 0 Å². The number of fused-ring (bicyclic) bond motifs is 2. The number of urea groups is 1. The van der Waals surface area contributed by atoms with E-state index in [0.717, 1.165) is 48.5 Å². The van der Waals surface area contributed by atoms with Crippen molar-refractivity contribution >= 4 is 23.1 Å². The van der Waals surface area contributed by atoms with E-state index < -0.39 is 0 Å². The van der Waals surface area contributed by atoms with Crippen LogP contribution in [0.15, 0.2) is 16.0 Å². The summed E-state index contributed by atoms with van der Waals surface area (Å²) in [6, 6.07) is 3.15. The lowest BCUT2D eigenvalue weighted by Gasteiger charge is -2.47. The van der Waals surface area contributed by atoms with Crippen molar-refractivity contribution in [2.75, 3.05) is 12.4 Å². The lowest BCUT2D eigenvalue weighted by atomic mass is 9.82. The van der Waals surface area contributed by atoms with E-state index in [0.29, 0.717) is 18.0 Å². The number of nitrogens with zero attached hydrogens (tertiary/aromatic N) is 3. The molecule has 28 heavy (non-hydrogen) atoms. The van der Waals surface area contributed by atoms with Gasteiger partial charge in [-0.3, -0.25) is 0 Å². The number of aryl methyl sites for hydroxylation is 1. The number of rotatable bonds is 6. The predicted octanol–water partition coefficient (Wildman–Crippen LogP) is 4.28. The second kappa shape index (κ2) is 8.61. The van der Waals surface area contributed by atoms with Crippen LogP contribution in [-0.4, -0.2) is 46.2 Å². The Morgan fingerprint density at radius 2 is 2.14 bits per heavy atom. The van der Waals surface area contributed by atoms with Gasteiger partial charge >= 0.3 is 6.03 Å². The van der Waals surface area contributed by atoms with Crippen LogP contribution < -0.4 is 10.6 Å². The van der Waals surface area contributed by atoms with Crippen molar-refractivity contribution in [2.24, 2.45) is 0 Å². The molecule has 2 amide bonds. The maximum atomic E-state index is 12.6. The SMILES string of the molecule is CCCCc1noc(-c2sccc2NC(=O)NC2C[C@H]3CCC[C@@H](C2)N3C)n1. The van der Waals surface area contributed by atoms with Gasteiger partial charge in [0.15, 0.2) is 5.82 Å². The van der Waals surface area contributed by atoms with Gasteiger partial charge in [0.25, 0.3) is 5.89 Å². The number of carbonyl (C=O) groups is 1. The Kier molecular flexibility index (Phi) is 5.96. The second-order valence-corrected chi connectivity index (χ2v) is 8.87. The zero-order chi connectivity index (χ0) is 19.5. The fourth-order valence-corrected chi connectivity index (χ4v) is 5.20. The van der Waals surface area contributed by atoms with Crippen LogP contribution in [0, 0.1) is 0 Å². The molecule has 2 aromatic heterocycles. The first kappa shape index (κ1) is 19.4. The lowest BCUT2D eigenvalue weighted by molar-refractivity contribution is 0.0513. The molecule has 0 aliphatic carbocycles. The van der Waals surface area contributed by atoms with Crippen molar-refractivity contribution in [2.45, 2.75) is 76.4 Å². The Bertz CT molecular complexity index is 790. The van der Waals surface area contributed by atoms with Crippen molar-refractivity contribution in [1.29, 1.82) is 0 Å². The van der Waals surface area contributed by atoms with Crippen LogP contribution in [-0.2, 0) is 6.42 Å². The van der Waals surface area contributed by atoms with Crippen LogP contribution in [0.4, 0.5) is 10.5 Å². The average Bonchev–Trinajstić information content (AvgIpc) is 3.30. The van der Waals surface area contributed by atoms with Crippen LogP contribution in [0.3, 0.4) is 0 Å². The third-order valence-corrected chi connectivity index (χ3v) is 6.91. The molecule has 2 fully saturated rings. The fourth-order valence-electron chi connectivity index (χ4n) is 4.43. The number of unbranched alkanes of at least 4 members (excludes halogenated alkanes) is 1. The van der Waals surface area contributed by atoms with Gasteiger partial charge in [-0.05, 0) is 50.6 Å². The normalized spacial score (nSPS) is 24.9. The fraction of sp³-hybridized carbons (Fsp3) is 0.650. The molecule has 152 valence electrons. The quantitative estimate of drug-likeness (QED) is 0.752. The monoisotopic (exact) mass is 403 g/mol. The summed E-state index contributed by atoms with van der Waals surface area (Å²) < 4.78 is 5.41. The topological polar surface area (TPSA) is 83.3 Å². The molecule has 1 unspecified atom stereocenters. The van der Waals surface area contributed by atoms with Gasteiger partial charge in [0.2, 0.25) is 0 Å². The van der Waals surface area contributed by atoms with Gasteiger partial charge < -0.3 is 20.1 Å². The zero-order valence-corrected chi connectivity index (χ0v) is 17.4. The molecule has 0 radical (unpaired) electrons. The molecule has 3 atom stereocenters. The van der Waals surface area contributed by atoms with Gasteiger partial charge in [-0.1, -0.05) is 24.9 Å². The molecule has 2 N–H and O–H groups in total. The number of aromatic nitrogens is 2. The summed E-state index contributed by atoms with van der Waals surface area (Å²) in [4.78, 5) is 20.4. The molecular formula is C20H29N5O2S. The summed E-state index contributed by atoms with van der Waals surface area (Å²) in [5, 5.41) is 12.1. The minimum atomic E-state index is -0.155. The van der Waals surface area contributed by atoms with Gasteiger partial charge in [-0.15, -0.1) is 11.3 Å². The Hall–Kier alpha value is -1.93. The maximum Gasteiger partial charge on any atom is 0.319 e. The molecule has 0 spiro atoms. The number of nitrogens with one attached hydrogen (secondary N) is 2. The number of thiophene rings is 1. The van der Waals surface area contributed by atoms with Crippen LogP contribution in [0.25, 0.3) is 10.8 Å². The van der Waals surface area contributed by atoms with Gasteiger partial charge in [-0.2, -0.15) is 4.98 Å². The molecule has 2 aliphatic heterocycles. The Balaban J connectivity index is 1.37. The predicted molar refractivity (Wildman–Crippen MR) is 111 cm³/mol. The molecule has 7 nitrogen and oxygen atoms in total. The number of amides is 2. The van der Waals surface area contributed by atoms with E-state index in [1.54, 1.807) is 0 Å². The van der Waals surface area contributed by atoms with E-state index in [1.165, 1.54) is 30.6 Å². The largest absolute Gasteiger partial charge is 0.335 e. The van der Waals surface area contributed by atoms with Crippen molar-refractivity contribution in [3.05, 3.63) is 17.3 Å². The van der Waals surface area contributed by atoms with Crippen molar-refractivity contribution in [1.82, 2.24) is 20.4 Å². The number of hydrogen-bond acceptors (Lipinski definition) is 6. The Morgan fingerprint density at radius 3 is 2.89 bits per heavy atom. The summed E-state index contributed by atoms with van der Waals surface area (Å²) in [6.45, 7) is 2.14. The standard InChI is InChI=1S/C20H29N5O2S/c1-3-4-8-17-23-19(27-24-17)18-16(9-10-28-18)22-20(26)21-13-11-14-6-5-7-15(12-13)25(14)2/h9-10,13-15H,3-8,11-12H2,1-2H3,(H2,21,22,26)/t13?,14-,15+. The molecular weight excluding hydrogens is 374 g/mol. The maximum absolute atomic E-state index is 12.6. The van der Waals surface area contributed by atoms with Crippen LogP contribution in [0.5, 0.6) is 0 Å². The molecule has 2 bridgehead atoms. The number of anilines is 1. The van der Waals surface area contributed by atoms with E-state index in [4.69, 9.17) is 4.52 Å². The first-order valence-electron chi connectivity index (χ1n) is 10.3.